The van der Waals surface area contributed by atoms with E-state index in [0.717, 1.165) is 0 Å². The minimum absolute atomic E-state index is 0.0109. The van der Waals surface area contributed by atoms with Crippen LogP contribution in [0.4, 0.5) is 4.39 Å². The van der Waals surface area contributed by atoms with Crippen LogP contribution in [0.3, 0.4) is 0 Å². The van der Waals surface area contributed by atoms with Crippen LogP contribution in [0.5, 0.6) is 5.75 Å². The van der Waals surface area contributed by atoms with E-state index < -0.39 is 11.7 Å². The Balaban J connectivity index is 2.09. The number of benzene rings is 2. The number of carbonyl (C=O) groups is 1. The molecule has 102 valence electrons. The first-order valence-corrected chi connectivity index (χ1v) is 6.02. The Morgan fingerprint density at radius 2 is 2.05 bits per heavy atom. The van der Waals surface area contributed by atoms with Crippen LogP contribution >= 0.6 is 11.6 Å². The molecule has 0 fully saturated rings. The monoisotopic (exact) mass is 292 g/mol. The first kappa shape index (κ1) is 14.0. The van der Waals surface area contributed by atoms with E-state index in [4.69, 9.17) is 11.6 Å². The molecule has 2 rings (SSSR count). The molecule has 0 saturated carbocycles. The molecular formula is C14H10ClFN2O2. The predicted octanol–water partition coefficient (Wildman–Crippen LogP) is 2.95. The van der Waals surface area contributed by atoms with Crippen LogP contribution in [0.2, 0.25) is 5.02 Å². The van der Waals surface area contributed by atoms with E-state index in [2.05, 4.69) is 10.5 Å². The SMILES string of the molecule is O=C(N/N=C/c1ccccc1F)c1cc(Cl)ccc1O. The Hall–Kier alpha value is -2.40. The van der Waals surface area contributed by atoms with Gasteiger partial charge in [0.15, 0.2) is 0 Å². The molecule has 1 amide bonds. The van der Waals surface area contributed by atoms with Crippen molar-refractivity contribution in [3.8, 4) is 5.75 Å². The molecule has 2 aromatic carbocycles. The van der Waals surface area contributed by atoms with Crippen LogP contribution in [-0.4, -0.2) is 17.2 Å². The molecule has 0 aromatic heterocycles. The summed E-state index contributed by atoms with van der Waals surface area (Å²) in [5, 5.41) is 13.5. The topological polar surface area (TPSA) is 61.7 Å². The van der Waals surface area contributed by atoms with Crippen LogP contribution in [-0.2, 0) is 0 Å². The van der Waals surface area contributed by atoms with Crippen molar-refractivity contribution in [1.29, 1.82) is 0 Å². The quantitative estimate of drug-likeness (QED) is 0.675. The van der Waals surface area contributed by atoms with Gasteiger partial charge >= 0.3 is 0 Å². The average Bonchev–Trinajstić information content (AvgIpc) is 2.43. The molecule has 0 unspecified atom stereocenters. The minimum atomic E-state index is -0.641. The molecule has 0 aliphatic carbocycles. The second-order valence-corrected chi connectivity index (χ2v) is 4.32. The van der Waals surface area contributed by atoms with E-state index >= 15 is 0 Å². The van der Waals surface area contributed by atoms with Crippen molar-refractivity contribution in [3.63, 3.8) is 0 Å². The van der Waals surface area contributed by atoms with Gasteiger partial charge in [0, 0.05) is 10.6 Å². The number of aromatic hydroxyl groups is 1. The van der Waals surface area contributed by atoms with Crippen LogP contribution in [0.15, 0.2) is 47.6 Å². The summed E-state index contributed by atoms with van der Waals surface area (Å²) in [6.07, 6.45) is 1.18. The molecule has 0 aliphatic rings. The van der Waals surface area contributed by atoms with Crippen molar-refractivity contribution in [2.24, 2.45) is 5.10 Å². The van der Waals surface area contributed by atoms with Crippen molar-refractivity contribution in [3.05, 3.63) is 64.4 Å². The summed E-state index contributed by atoms with van der Waals surface area (Å²) in [5.74, 6) is -1.30. The lowest BCUT2D eigenvalue weighted by Crippen LogP contribution is -2.17. The Labute approximate surface area is 119 Å². The van der Waals surface area contributed by atoms with Crippen molar-refractivity contribution in [2.45, 2.75) is 0 Å². The Morgan fingerprint density at radius 1 is 1.30 bits per heavy atom. The average molecular weight is 293 g/mol. The minimum Gasteiger partial charge on any atom is -0.507 e. The summed E-state index contributed by atoms with van der Waals surface area (Å²) in [6.45, 7) is 0. The van der Waals surface area contributed by atoms with Gasteiger partial charge in [-0.3, -0.25) is 4.79 Å². The number of hydrazone groups is 1. The molecule has 20 heavy (non-hydrogen) atoms. The van der Waals surface area contributed by atoms with Crippen molar-refractivity contribution in [2.75, 3.05) is 0 Å². The first-order chi connectivity index (χ1) is 9.58. The van der Waals surface area contributed by atoms with Gasteiger partial charge < -0.3 is 5.11 Å². The number of phenolic OH excluding ortho intramolecular Hbond substituents is 1. The van der Waals surface area contributed by atoms with Crippen LogP contribution in [0.25, 0.3) is 0 Å². The largest absolute Gasteiger partial charge is 0.507 e. The van der Waals surface area contributed by atoms with Crippen LogP contribution in [0.1, 0.15) is 15.9 Å². The summed E-state index contributed by atoms with van der Waals surface area (Å²) in [7, 11) is 0. The molecule has 2 N–H and O–H groups in total. The molecule has 2 aromatic rings. The molecule has 0 bridgehead atoms. The van der Waals surface area contributed by atoms with Crippen molar-refractivity contribution < 1.29 is 14.3 Å². The number of nitrogens with zero attached hydrogens (tertiary/aromatic N) is 1. The molecule has 0 saturated heterocycles. The van der Waals surface area contributed by atoms with Crippen LogP contribution in [0, 0.1) is 5.82 Å². The normalized spacial score (nSPS) is 10.7. The number of halogens is 2. The highest BCUT2D eigenvalue weighted by atomic mass is 35.5. The summed E-state index contributed by atoms with van der Waals surface area (Å²) in [6, 6.07) is 10.1. The molecule has 0 aliphatic heterocycles. The van der Waals surface area contributed by atoms with Gasteiger partial charge in [0.05, 0.1) is 11.8 Å². The molecule has 0 radical (unpaired) electrons. The third-order valence-corrected chi connectivity index (χ3v) is 2.71. The third-order valence-electron chi connectivity index (χ3n) is 2.48. The Morgan fingerprint density at radius 3 is 2.80 bits per heavy atom. The van der Waals surface area contributed by atoms with E-state index in [1.54, 1.807) is 12.1 Å². The number of rotatable bonds is 3. The van der Waals surface area contributed by atoms with E-state index in [9.17, 15) is 14.3 Å². The maximum absolute atomic E-state index is 13.3. The van der Waals surface area contributed by atoms with Gasteiger partial charge in [0.1, 0.15) is 11.6 Å². The summed E-state index contributed by atoms with van der Waals surface area (Å²) in [4.78, 5) is 11.8. The maximum Gasteiger partial charge on any atom is 0.275 e. The fraction of sp³-hybridized carbons (Fsp3) is 0. The zero-order valence-electron chi connectivity index (χ0n) is 10.2. The number of nitrogens with one attached hydrogen (secondary N) is 1. The molecule has 0 spiro atoms. The molecule has 0 heterocycles. The number of carbonyl (C=O) groups excluding carboxylic acids is 1. The van der Waals surface area contributed by atoms with E-state index in [1.807, 2.05) is 0 Å². The fourth-order valence-corrected chi connectivity index (χ4v) is 1.66. The summed E-state index contributed by atoms with van der Waals surface area (Å²) < 4.78 is 13.3. The molecule has 4 nitrogen and oxygen atoms in total. The van der Waals surface area contributed by atoms with E-state index in [1.165, 1.54) is 36.5 Å². The van der Waals surface area contributed by atoms with Crippen LogP contribution < -0.4 is 5.43 Å². The Bertz CT molecular complexity index is 674. The highest BCUT2D eigenvalue weighted by molar-refractivity contribution is 6.31. The van der Waals surface area contributed by atoms with Gasteiger partial charge in [-0.1, -0.05) is 29.8 Å². The highest BCUT2D eigenvalue weighted by Gasteiger charge is 2.10. The molecule has 6 heteroatoms. The van der Waals surface area contributed by atoms with Gasteiger partial charge in [0.25, 0.3) is 5.91 Å². The number of phenols is 1. The van der Waals surface area contributed by atoms with Gasteiger partial charge in [0.2, 0.25) is 0 Å². The van der Waals surface area contributed by atoms with Crippen molar-refractivity contribution in [1.82, 2.24) is 5.43 Å². The van der Waals surface area contributed by atoms with E-state index in [0.29, 0.717) is 5.02 Å². The lowest BCUT2D eigenvalue weighted by atomic mass is 10.2. The molecular weight excluding hydrogens is 283 g/mol. The number of amides is 1. The van der Waals surface area contributed by atoms with Gasteiger partial charge in [-0.05, 0) is 24.3 Å². The Kier molecular flexibility index (Phi) is 4.32. The van der Waals surface area contributed by atoms with Gasteiger partial charge in [-0.25, -0.2) is 9.82 Å². The lowest BCUT2D eigenvalue weighted by molar-refractivity contribution is 0.0952. The highest BCUT2D eigenvalue weighted by Crippen LogP contribution is 2.21. The number of hydrogen-bond donors (Lipinski definition) is 2. The standard InChI is InChI=1S/C14H10ClFN2O2/c15-10-5-6-13(19)11(7-10)14(20)18-17-8-9-3-1-2-4-12(9)16/h1-8,19H,(H,18,20)/b17-8+. The second kappa shape index (κ2) is 6.16. The summed E-state index contributed by atoms with van der Waals surface area (Å²) in [5.41, 5.74) is 2.42. The number of hydrogen-bond acceptors (Lipinski definition) is 3. The fourth-order valence-electron chi connectivity index (χ4n) is 1.49. The van der Waals surface area contributed by atoms with E-state index in [-0.39, 0.29) is 16.9 Å². The second-order valence-electron chi connectivity index (χ2n) is 3.88. The smallest absolute Gasteiger partial charge is 0.275 e. The van der Waals surface area contributed by atoms with Crippen molar-refractivity contribution >= 4 is 23.7 Å². The lowest BCUT2D eigenvalue weighted by Gasteiger charge is -2.03. The predicted molar refractivity (Wildman–Crippen MR) is 74.6 cm³/mol. The third kappa shape index (κ3) is 3.33. The first-order valence-electron chi connectivity index (χ1n) is 5.64. The van der Waals surface area contributed by atoms with Gasteiger partial charge in [-0.15, -0.1) is 0 Å². The molecule has 0 atom stereocenters. The van der Waals surface area contributed by atoms with Gasteiger partial charge in [-0.2, -0.15) is 5.10 Å². The zero-order valence-corrected chi connectivity index (χ0v) is 10.9. The summed E-state index contributed by atoms with van der Waals surface area (Å²) >= 11 is 5.73. The zero-order chi connectivity index (χ0) is 14.5. The maximum atomic E-state index is 13.3.